The van der Waals surface area contributed by atoms with Gasteiger partial charge in [-0.1, -0.05) is 12.1 Å². The van der Waals surface area contributed by atoms with Crippen LogP contribution in [0.1, 0.15) is 17.8 Å². The predicted octanol–water partition coefficient (Wildman–Crippen LogP) is 3.82. The molecule has 7 nitrogen and oxygen atoms in total. The molecule has 3 aromatic rings. The van der Waals surface area contributed by atoms with Gasteiger partial charge in [-0.25, -0.2) is 4.98 Å². The second-order valence-electron chi connectivity index (χ2n) is 6.20. The number of hydrogen-bond acceptors (Lipinski definition) is 7. The van der Waals surface area contributed by atoms with Gasteiger partial charge in [-0.05, 0) is 37.1 Å². The number of esters is 1. The molecule has 3 rings (SSSR count). The van der Waals surface area contributed by atoms with Crippen LogP contribution in [0.4, 0.5) is 5.69 Å². The van der Waals surface area contributed by atoms with E-state index in [9.17, 15) is 9.59 Å². The second kappa shape index (κ2) is 9.88. The minimum Gasteiger partial charge on any atom is -0.497 e. The molecule has 0 radical (unpaired) electrons. The van der Waals surface area contributed by atoms with Gasteiger partial charge < -0.3 is 19.5 Å². The van der Waals surface area contributed by atoms with E-state index in [2.05, 4.69) is 10.3 Å². The summed E-state index contributed by atoms with van der Waals surface area (Å²) in [7, 11) is 3.04. The van der Waals surface area contributed by atoms with E-state index in [4.69, 9.17) is 14.2 Å². The number of methoxy groups -OCH3 is 2. The maximum atomic E-state index is 12.1. The summed E-state index contributed by atoms with van der Waals surface area (Å²) in [6.45, 7) is -0.352. The Morgan fingerprint density at radius 2 is 1.93 bits per heavy atom. The third-order valence-electron chi connectivity index (χ3n) is 4.16. The fraction of sp³-hybridized carbons (Fsp3) is 0.286. The maximum Gasteiger partial charge on any atom is 0.306 e. The van der Waals surface area contributed by atoms with Gasteiger partial charge in [-0.15, -0.1) is 11.3 Å². The van der Waals surface area contributed by atoms with Crippen LogP contribution < -0.4 is 14.8 Å². The monoisotopic (exact) mass is 414 g/mol. The van der Waals surface area contributed by atoms with E-state index in [1.165, 1.54) is 7.11 Å². The van der Waals surface area contributed by atoms with E-state index >= 15 is 0 Å². The maximum absolute atomic E-state index is 12.1. The van der Waals surface area contributed by atoms with E-state index in [1.54, 1.807) is 36.6 Å². The summed E-state index contributed by atoms with van der Waals surface area (Å²) < 4.78 is 16.5. The van der Waals surface area contributed by atoms with Gasteiger partial charge in [-0.3, -0.25) is 9.59 Å². The van der Waals surface area contributed by atoms with Crippen molar-refractivity contribution in [1.82, 2.24) is 4.98 Å². The lowest BCUT2D eigenvalue weighted by molar-refractivity contribution is -0.147. The van der Waals surface area contributed by atoms with Crippen LogP contribution in [0.3, 0.4) is 0 Å². The number of fused-ring (bicyclic) bond motifs is 1. The van der Waals surface area contributed by atoms with Crippen LogP contribution in [-0.4, -0.2) is 37.7 Å². The number of para-hydroxylation sites is 1. The molecule has 2 aromatic carbocycles. The van der Waals surface area contributed by atoms with E-state index in [0.717, 1.165) is 15.2 Å². The van der Waals surface area contributed by atoms with Crippen molar-refractivity contribution < 1.29 is 23.8 Å². The number of carbonyl (C=O) groups excluding carboxylic acids is 2. The summed E-state index contributed by atoms with van der Waals surface area (Å²) in [5.41, 5.74) is 1.45. The summed E-state index contributed by atoms with van der Waals surface area (Å²) in [4.78, 5) is 28.5. The standard InChI is InChI=1S/C21H22N2O5S/c1-26-14-10-11-15(17(12-14)27-2)22-19(24)13-28-21(25)9-5-8-20-23-16-6-3-4-7-18(16)29-20/h3-4,6-7,10-12H,5,8-9,13H2,1-2H3,(H,22,24). The van der Waals surface area contributed by atoms with E-state index in [1.807, 2.05) is 24.3 Å². The number of hydrogen-bond donors (Lipinski definition) is 1. The molecule has 0 aliphatic carbocycles. The average Bonchev–Trinajstić information content (AvgIpc) is 3.15. The van der Waals surface area contributed by atoms with Crippen molar-refractivity contribution in [1.29, 1.82) is 0 Å². The summed E-state index contributed by atoms with van der Waals surface area (Å²) in [6.07, 6.45) is 1.55. The summed E-state index contributed by atoms with van der Waals surface area (Å²) in [6, 6.07) is 13.0. The third-order valence-corrected chi connectivity index (χ3v) is 5.25. The number of aryl methyl sites for hydroxylation is 1. The van der Waals surface area contributed by atoms with Gasteiger partial charge in [0.2, 0.25) is 0 Å². The number of rotatable bonds is 9. The molecule has 1 N–H and O–H groups in total. The van der Waals surface area contributed by atoms with Crippen LogP contribution in [0.25, 0.3) is 10.2 Å². The minimum absolute atomic E-state index is 0.231. The number of aromatic nitrogens is 1. The molecule has 152 valence electrons. The number of ether oxygens (including phenoxy) is 3. The molecule has 0 saturated carbocycles. The first kappa shape index (κ1) is 20.6. The highest BCUT2D eigenvalue weighted by atomic mass is 32.1. The zero-order valence-corrected chi connectivity index (χ0v) is 17.1. The molecule has 8 heteroatoms. The predicted molar refractivity (Wildman–Crippen MR) is 112 cm³/mol. The van der Waals surface area contributed by atoms with Gasteiger partial charge in [0.25, 0.3) is 5.91 Å². The molecule has 0 atom stereocenters. The molecule has 0 aliphatic rings. The normalized spacial score (nSPS) is 10.6. The van der Waals surface area contributed by atoms with Crippen molar-refractivity contribution in [2.45, 2.75) is 19.3 Å². The Morgan fingerprint density at radius 1 is 1.10 bits per heavy atom. The molecular weight excluding hydrogens is 392 g/mol. The van der Waals surface area contributed by atoms with Gasteiger partial charge in [0.1, 0.15) is 11.5 Å². The largest absolute Gasteiger partial charge is 0.497 e. The lowest BCUT2D eigenvalue weighted by Gasteiger charge is -2.11. The van der Waals surface area contributed by atoms with Gasteiger partial charge in [0.15, 0.2) is 6.61 Å². The van der Waals surface area contributed by atoms with Crippen LogP contribution in [0, 0.1) is 0 Å². The van der Waals surface area contributed by atoms with Crippen molar-refractivity contribution in [2.75, 3.05) is 26.1 Å². The second-order valence-corrected chi connectivity index (χ2v) is 7.32. The van der Waals surface area contributed by atoms with Crippen LogP contribution in [0.15, 0.2) is 42.5 Å². The molecular formula is C21H22N2O5S. The fourth-order valence-electron chi connectivity index (χ4n) is 2.72. The van der Waals surface area contributed by atoms with Crippen molar-refractivity contribution in [3.63, 3.8) is 0 Å². The average molecular weight is 414 g/mol. The van der Waals surface area contributed by atoms with E-state index in [0.29, 0.717) is 30.0 Å². The smallest absolute Gasteiger partial charge is 0.306 e. The van der Waals surface area contributed by atoms with Gasteiger partial charge in [-0.2, -0.15) is 0 Å². The van der Waals surface area contributed by atoms with E-state index < -0.39 is 11.9 Å². The van der Waals surface area contributed by atoms with Crippen molar-refractivity contribution >= 4 is 39.1 Å². The molecule has 0 saturated heterocycles. The Kier molecular flexibility index (Phi) is 7.02. The van der Waals surface area contributed by atoms with Crippen molar-refractivity contribution in [2.24, 2.45) is 0 Å². The number of benzene rings is 2. The zero-order valence-electron chi connectivity index (χ0n) is 16.3. The summed E-state index contributed by atoms with van der Waals surface area (Å²) in [5.74, 6) is 0.218. The number of nitrogens with one attached hydrogen (secondary N) is 1. The van der Waals surface area contributed by atoms with E-state index in [-0.39, 0.29) is 13.0 Å². The first-order chi connectivity index (χ1) is 14.1. The van der Waals surface area contributed by atoms with Crippen LogP contribution in [0.5, 0.6) is 11.5 Å². The van der Waals surface area contributed by atoms with Crippen molar-refractivity contribution in [3.05, 3.63) is 47.5 Å². The van der Waals surface area contributed by atoms with Crippen molar-refractivity contribution in [3.8, 4) is 11.5 Å². The number of nitrogens with zero attached hydrogens (tertiary/aromatic N) is 1. The molecule has 0 bridgehead atoms. The third kappa shape index (κ3) is 5.68. The first-order valence-electron chi connectivity index (χ1n) is 9.11. The Labute approximate surface area is 172 Å². The fourth-order valence-corrected chi connectivity index (χ4v) is 3.73. The van der Waals surface area contributed by atoms with Gasteiger partial charge >= 0.3 is 5.97 Å². The Bertz CT molecular complexity index is 969. The molecule has 1 heterocycles. The molecule has 0 unspecified atom stereocenters. The quantitative estimate of drug-likeness (QED) is 0.536. The Balaban J connectivity index is 1.41. The molecule has 1 aromatic heterocycles. The highest BCUT2D eigenvalue weighted by Crippen LogP contribution is 2.29. The number of carbonyl (C=O) groups is 2. The topological polar surface area (TPSA) is 86.8 Å². The van der Waals surface area contributed by atoms with Crippen LogP contribution in [0.2, 0.25) is 0 Å². The number of anilines is 1. The van der Waals surface area contributed by atoms with Gasteiger partial charge in [0, 0.05) is 12.5 Å². The first-order valence-corrected chi connectivity index (χ1v) is 9.92. The van der Waals surface area contributed by atoms with Crippen LogP contribution in [-0.2, 0) is 20.7 Å². The number of amides is 1. The van der Waals surface area contributed by atoms with Crippen LogP contribution >= 0.6 is 11.3 Å². The highest BCUT2D eigenvalue weighted by Gasteiger charge is 2.12. The SMILES string of the molecule is COc1ccc(NC(=O)COC(=O)CCCc2nc3ccccc3s2)c(OC)c1. The molecule has 0 aliphatic heterocycles. The summed E-state index contributed by atoms with van der Waals surface area (Å²) >= 11 is 1.63. The number of thiazole rings is 1. The minimum atomic E-state index is -0.437. The Hall–Kier alpha value is -3.13. The molecule has 0 fully saturated rings. The molecule has 0 spiro atoms. The molecule has 1 amide bonds. The lowest BCUT2D eigenvalue weighted by Crippen LogP contribution is -2.21. The zero-order chi connectivity index (χ0) is 20.6. The molecule has 29 heavy (non-hydrogen) atoms. The summed E-state index contributed by atoms with van der Waals surface area (Å²) in [5, 5.41) is 3.65. The van der Waals surface area contributed by atoms with Gasteiger partial charge in [0.05, 0.1) is 35.1 Å². The highest BCUT2D eigenvalue weighted by molar-refractivity contribution is 7.18. The lowest BCUT2D eigenvalue weighted by atomic mass is 10.2. The Morgan fingerprint density at radius 3 is 2.69 bits per heavy atom.